The number of morpholine rings is 1. The normalized spacial score (nSPS) is 18.2. The fourth-order valence-electron chi connectivity index (χ4n) is 1.04. The number of rotatable bonds is 2. The molecular weight excluding hydrogens is 154 g/mol. The van der Waals surface area contributed by atoms with E-state index in [0.29, 0.717) is 26.3 Å². The minimum absolute atomic E-state index is 0.0400. The zero-order chi connectivity index (χ0) is 8.81. The third kappa shape index (κ3) is 2.51. The Morgan fingerprint density at radius 1 is 1.42 bits per heavy atom. The van der Waals surface area contributed by atoms with Crippen LogP contribution in [0.1, 0.15) is 0 Å². The molecule has 0 unspecified atom stereocenters. The van der Waals surface area contributed by atoms with Gasteiger partial charge in [0.2, 0.25) is 5.91 Å². The van der Waals surface area contributed by atoms with Gasteiger partial charge in [0.15, 0.2) is 0 Å². The summed E-state index contributed by atoms with van der Waals surface area (Å²) in [6.45, 7) is 6.18. The van der Waals surface area contributed by atoms with E-state index in [0.717, 1.165) is 0 Å². The van der Waals surface area contributed by atoms with Gasteiger partial charge in [0.25, 0.3) is 0 Å². The Kier molecular flexibility index (Phi) is 3.54. The van der Waals surface area contributed by atoms with Gasteiger partial charge in [-0.25, -0.2) is 0 Å². The highest BCUT2D eigenvalue weighted by Gasteiger charge is 2.13. The second-order valence-electron chi connectivity index (χ2n) is 2.53. The highest BCUT2D eigenvalue weighted by molar-refractivity contribution is 5.87. The highest BCUT2D eigenvalue weighted by Crippen LogP contribution is 1.97. The molecule has 3 heteroatoms. The standard InChI is InChI=1S/C9H13NO2/c1-2-3-4-9(11)10-5-7-12-8-6-10/h2-4H,1,5-8H2. The quantitative estimate of drug-likeness (QED) is 0.445. The van der Waals surface area contributed by atoms with Gasteiger partial charge in [0, 0.05) is 19.2 Å². The lowest BCUT2D eigenvalue weighted by molar-refractivity contribution is -0.129. The Morgan fingerprint density at radius 3 is 2.67 bits per heavy atom. The lowest BCUT2D eigenvalue weighted by Gasteiger charge is -2.25. The van der Waals surface area contributed by atoms with Crippen molar-refractivity contribution in [3.05, 3.63) is 24.8 Å². The third-order valence-electron chi connectivity index (χ3n) is 1.70. The molecule has 1 aliphatic rings. The number of carbonyl (C=O) groups is 1. The average Bonchev–Trinajstić information content (AvgIpc) is 2.15. The number of ether oxygens (including phenoxy) is 1. The summed E-state index contributed by atoms with van der Waals surface area (Å²) in [7, 11) is 0. The van der Waals surface area contributed by atoms with Crippen LogP contribution in [0.15, 0.2) is 24.8 Å². The maximum absolute atomic E-state index is 11.3. The van der Waals surface area contributed by atoms with Gasteiger partial charge in [-0.05, 0) is 0 Å². The van der Waals surface area contributed by atoms with Crippen LogP contribution in [0.25, 0.3) is 0 Å². The van der Waals surface area contributed by atoms with E-state index in [4.69, 9.17) is 4.74 Å². The van der Waals surface area contributed by atoms with Crippen LogP contribution in [0.4, 0.5) is 0 Å². The molecule has 12 heavy (non-hydrogen) atoms. The fourth-order valence-corrected chi connectivity index (χ4v) is 1.04. The molecule has 1 rings (SSSR count). The van der Waals surface area contributed by atoms with Gasteiger partial charge in [-0.2, -0.15) is 0 Å². The molecule has 0 N–H and O–H groups in total. The molecule has 0 spiro atoms. The fraction of sp³-hybridized carbons (Fsp3) is 0.444. The SMILES string of the molecule is C=CC=CC(=O)N1CCOCC1. The average molecular weight is 167 g/mol. The van der Waals surface area contributed by atoms with E-state index in [2.05, 4.69) is 6.58 Å². The van der Waals surface area contributed by atoms with Gasteiger partial charge in [-0.3, -0.25) is 4.79 Å². The smallest absolute Gasteiger partial charge is 0.246 e. The Balaban J connectivity index is 2.39. The largest absolute Gasteiger partial charge is 0.378 e. The number of hydrogen-bond donors (Lipinski definition) is 0. The van der Waals surface area contributed by atoms with Gasteiger partial charge in [0.05, 0.1) is 13.2 Å². The van der Waals surface area contributed by atoms with Crippen molar-refractivity contribution in [1.82, 2.24) is 4.90 Å². The zero-order valence-electron chi connectivity index (χ0n) is 7.03. The molecule has 0 radical (unpaired) electrons. The summed E-state index contributed by atoms with van der Waals surface area (Å²) >= 11 is 0. The van der Waals surface area contributed by atoms with Gasteiger partial charge in [-0.1, -0.05) is 18.7 Å². The topological polar surface area (TPSA) is 29.5 Å². The molecule has 1 saturated heterocycles. The van der Waals surface area contributed by atoms with E-state index < -0.39 is 0 Å². The van der Waals surface area contributed by atoms with Crippen LogP contribution >= 0.6 is 0 Å². The van der Waals surface area contributed by atoms with Gasteiger partial charge >= 0.3 is 0 Å². The summed E-state index contributed by atoms with van der Waals surface area (Å²) in [6.07, 6.45) is 4.77. The van der Waals surface area contributed by atoms with Crippen molar-refractivity contribution in [2.24, 2.45) is 0 Å². The minimum Gasteiger partial charge on any atom is -0.378 e. The predicted molar refractivity (Wildman–Crippen MR) is 46.7 cm³/mol. The number of carbonyl (C=O) groups excluding carboxylic acids is 1. The minimum atomic E-state index is 0.0400. The van der Waals surface area contributed by atoms with E-state index >= 15 is 0 Å². The molecule has 0 saturated carbocycles. The first-order valence-electron chi connectivity index (χ1n) is 4.00. The van der Waals surface area contributed by atoms with Crippen LogP contribution < -0.4 is 0 Å². The molecule has 0 bridgehead atoms. The molecule has 66 valence electrons. The lowest BCUT2D eigenvalue weighted by atomic mass is 10.3. The Hall–Kier alpha value is -1.09. The zero-order valence-corrected chi connectivity index (χ0v) is 7.03. The molecule has 0 aromatic carbocycles. The van der Waals surface area contributed by atoms with Crippen molar-refractivity contribution in [2.75, 3.05) is 26.3 Å². The highest BCUT2D eigenvalue weighted by atomic mass is 16.5. The Labute approximate surface area is 72.3 Å². The second kappa shape index (κ2) is 4.72. The van der Waals surface area contributed by atoms with Crippen molar-refractivity contribution in [1.29, 1.82) is 0 Å². The molecule has 3 nitrogen and oxygen atoms in total. The Bertz CT molecular complexity index is 193. The van der Waals surface area contributed by atoms with Crippen LogP contribution in [-0.2, 0) is 9.53 Å². The molecule has 1 amide bonds. The van der Waals surface area contributed by atoms with Gasteiger partial charge in [0.1, 0.15) is 0 Å². The van der Waals surface area contributed by atoms with Crippen LogP contribution in [-0.4, -0.2) is 37.1 Å². The van der Waals surface area contributed by atoms with E-state index in [1.807, 2.05) is 0 Å². The molecule has 0 aliphatic carbocycles. The molecule has 1 aliphatic heterocycles. The second-order valence-corrected chi connectivity index (χ2v) is 2.53. The summed E-state index contributed by atoms with van der Waals surface area (Å²) in [5.41, 5.74) is 0. The molecule has 0 aromatic heterocycles. The van der Waals surface area contributed by atoms with Crippen LogP contribution in [0.3, 0.4) is 0 Å². The number of hydrogen-bond acceptors (Lipinski definition) is 2. The van der Waals surface area contributed by atoms with E-state index in [9.17, 15) is 4.79 Å². The van der Waals surface area contributed by atoms with Crippen molar-refractivity contribution >= 4 is 5.91 Å². The van der Waals surface area contributed by atoms with Crippen LogP contribution in [0.5, 0.6) is 0 Å². The maximum atomic E-state index is 11.3. The molecule has 0 aromatic rings. The summed E-state index contributed by atoms with van der Waals surface area (Å²) in [4.78, 5) is 13.1. The third-order valence-corrected chi connectivity index (χ3v) is 1.70. The molecule has 1 heterocycles. The first kappa shape index (κ1) is 9.00. The monoisotopic (exact) mass is 167 g/mol. The number of nitrogens with zero attached hydrogens (tertiary/aromatic N) is 1. The number of allylic oxidation sites excluding steroid dienone is 2. The van der Waals surface area contributed by atoms with Crippen molar-refractivity contribution < 1.29 is 9.53 Å². The molecule has 1 fully saturated rings. The van der Waals surface area contributed by atoms with E-state index in [1.54, 1.807) is 17.1 Å². The summed E-state index contributed by atoms with van der Waals surface area (Å²) in [5, 5.41) is 0. The van der Waals surface area contributed by atoms with Gasteiger partial charge in [-0.15, -0.1) is 0 Å². The van der Waals surface area contributed by atoms with E-state index in [1.165, 1.54) is 6.08 Å². The Morgan fingerprint density at radius 2 is 2.08 bits per heavy atom. The summed E-state index contributed by atoms with van der Waals surface area (Å²) in [5.74, 6) is 0.0400. The van der Waals surface area contributed by atoms with Crippen molar-refractivity contribution in [3.63, 3.8) is 0 Å². The lowest BCUT2D eigenvalue weighted by Crippen LogP contribution is -2.39. The predicted octanol–water partition coefficient (Wildman–Crippen LogP) is 0.587. The van der Waals surface area contributed by atoms with Gasteiger partial charge < -0.3 is 9.64 Å². The maximum Gasteiger partial charge on any atom is 0.246 e. The first-order valence-corrected chi connectivity index (χ1v) is 4.00. The summed E-state index contributed by atoms with van der Waals surface area (Å²) < 4.78 is 5.12. The van der Waals surface area contributed by atoms with Crippen molar-refractivity contribution in [3.8, 4) is 0 Å². The first-order chi connectivity index (χ1) is 5.84. The van der Waals surface area contributed by atoms with Crippen LogP contribution in [0, 0.1) is 0 Å². The van der Waals surface area contributed by atoms with E-state index in [-0.39, 0.29) is 5.91 Å². The van der Waals surface area contributed by atoms with Crippen LogP contribution in [0.2, 0.25) is 0 Å². The number of amides is 1. The summed E-state index contributed by atoms with van der Waals surface area (Å²) in [6, 6.07) is 0. The molecular formula is C9H13NO2. The van der Waals surface area contributed by atoms with Crippen molar-refractivity contribution in [2.45, 2.75) is 0 Å². The molecule has 0 atom stereocenters.